The van der Waals surface area contributed by atoms with E-state index < -0.39 is 5.75 Å². The van der Waals surface area contributed by atoms with Crippen molar-refractivity contribution in [1.29, 1.82) is 0 Å². The Kier molecular flexibility index (Phi) is 2.81. The summed E-state index contributed by atoms with van der Waals surface area (Å²) in [6.07, 6.45) is 0.611. The number of phenols is 3. The van der Waals surface area contributed by atoms with Crippen LogP contribution in [-0.4, -0.2) is 20.6 Å². The summed E-state index contributed by atoms with van der Waals surface area (Å²) in [5.41, 5.74) is 0.613. The van der Waals surface area contributed by atoms with E-state index in [1.807, 2.05) is 0 Å². The number of halogens is 1. The van der Waals surface area contributed by atoms with Crippen molar-refractivity contribution in [3.05, 3.63) is 17.7 Å². The van der Waals surface area contributed by atoms with Gasteiger partial charge in [0.1, 0.15) is 0 Å². The SMILES string of the molecule is Oc1ccc(CCBr)c(O)c1O. The summed E-state index contributed by atoms with van der Waals surface area (Å²) >= 11 is 3.21. The zero-order valence-electron chi connectivity index (χ0n) is 6.29. The Morgan fingerprint density at radius 2 is 1.75 bits per heavy atom. The Morgan fingerprint density at radius 1 is 1.08 bits per heavy atom. The summed E-state index contributed by atoms with van der Waals surface area (Å²) in [4.78, 5) is 0. The average molecular weight is 233 g/mol. The van der Waals surface area contributed by atoms with Gasteiger partial charge in [0, 0.05) is 5.33 Å². The molecule has 0 aliphatic carbocycles. The summed E-state index contributed by atoms with van der Waals surface area (Å²) in [7, 11) is 0. The van der Waals surface area contributed by atoms with E-state index in [2.05, 4.69) is 15.9 Å². The maximum absolute atomic E-state index is 9.28. The van der Waals surface area contributed by atoms with Gasteiger partial charge in [0.2, 0.25) is 5.75 Å². The molecular formula is C8H9BrO3. The van der Waals surface area contributed by atoms with Crippen molar-refractivity contribution in [3.8, 4) is 17.2 Å². The molecule has 66 valence electrons. The average Bonchev–Trinajstić information content (AvgIpc) is 2.07. The van der Waals surface area contributed by atoms with Crippen LogP contribution >= 0.6 is 15.9 Å². The molecule has 1 aromatic carbocycles. The third kappa shape index (κ3) is 1.64. The zero-order chi connectivity index (χ0) is 9.14. The molecule has 0 radical (unpaired) electrons. The molecule has 0 amide bonds. The van der Waals surface area contributed by atoms with E-state index in [0.717, 1.165) is 0 Å². The number of aromatic hydroxyl groups is 3. The highest BCUT2D eigenvalue weighted by molar-refractivity contribution is 9.09. The minimum absolute atomic E-state index is 0.241. The maximum atomic E-state index is 9.28. The molecule has 4 heteroatoms. The van der Waals surface area contributed by atoms with Crippen LogP contribution in [0.4, 0.5) is 0 Å². The van der Waals surface area contributed by atoms with Crippen LogP contribution in [0.3, 0.4) is 0 Å². The lowest BCUT2D eigenvalue weighted by Crippen LogP contribution is -1.86. The van der Waals surface area contributed by atoms with Crippen molar-refractivity contribution >= 4 is 15.9 Å². The van der Waals surface area contributed by atoms with E-state index in [1.165, 1.54) is 6.07 Å². The molecule has 0 heterocycles. The largest absolute Gasteiger partial charge is 0.504 e. The number of aryl methyl sites for hydroxylation is 1. The highest BCUT2D eigenvalue weighted by Crippen LogP contribution is 2.37. The summed E-state index contributed by atoms with van der Waals surface area (Å²) < 4.78 is 0. The van der Waals surface area contributed by atoms with Gasteiger partial charge in [-0.25, -0.2) is 0 Å². The Hall–Kier alpha value is -0.900. The summed E-state index contributed by atoms with van der Waals surface area (Å²) in [6.45, 7) is 0. The van der Waals surface area contributed by atoms with Crippen molar-refractivity contribution in [2.75, 3.05) is 5.33 Å². The molecule has 0 atom stereocenters. The van der Waals surface area contributed by atoms with Gasteiger partial charge in [0.15, 0.2) is 11.5 Å². The number of rotatable bonds is 2. The van der Waals surface area contributed by atoms with E-state index in [0.29, 0.717) is 17.3 Å². The second kappa shape index (κ2) is 3.67. The van der Waals surface area contributed by atoms with Crippen molar-refractivity contribution in [3.63, 3.8) is 0 Å². The third-order valence-electron chi connectivity index (χ3n) is 1.58. The van der Waals surface area contributed by atoms with Gasteiger partial charge >= 0.3 is 0 Å². The van der Waals surface area contributed by atoms with Crippen LogP contribution in [0.2, 0.25) is 0 Å². The van der Waals surface area contributed by atoms with E-state index >= 15 is 0 Å². The highest BCUT2D eigenvalue weighted by atomic mass is 79.9. The van der Waals surface area contributed by atoms with Gasteiger partial charge in [-0.2, -0.15) is 0 Å². The Bertz CT molecular complexity index is 286. The van der Waals surface area contributed by atoms with Gasteiger partial charge in [-0.15, -0.1) is 0 Å². The lowest BCUT2D eigenvalue weighted by atomic mass is 10.1. The minimum atomic E-state index is -0.451. The monoisotopic (exact) mass is 232 g/mol. The number of alkyl halides is 1. The topological polar surface area (TPSA) is 60.7 Å². The van der Waals surface area contributed by atoms with E-state index in [1.54, 1.807) is 6.07 Å². The molecule has 0 aliphatic heterocycles. The molecule has 0 saturated carbocycles. The minimum Gasteiger partial charge on any atom is -0.504 e. The first-order valence-electron chi connectivity index (χ1n) is 3.45. The van der Waals surface area contributed by atoms with Crippen LogP contribution in [0.5, 0.6) is 17.2 Å². The van der Waals surface area contributed by atoms with Crippen LogP contribution in [0.25, 0.3) is 0 Å². The Balaban J connectivity index is 3.08. The van der Waals surface area contributed by atoms with Crippen LogP contribution in [0.15, 0.2) is 12.1 Å². The number of hydrogen-bond donors (Lipinski definition) is 3. The summed E-state index contributed by atoms with van der Waals surface area (Å²) in [5.74, 6) is -0.992. The molecule has 0 spiro atoms. The van der Waals surface area contributed by atoms with Crippen LogP contribution in [0.1, 0.15) is 5.56 Å². The van der Waals surface area contributed by atoms with Gasteiger partial charge in [0.25, 0.3) is 0 Å². The summed E-state index contributed by atoms with van der Waals surface area (Å²) in [6, 6.07) is 2.93. The van der Waals surface area contributed by atoms with Crippen LogP contribution in [-0.2, 0) is 6.42 Å². The first-order valence-corrected chi connectivity index (χ1v) is 4.57. The zero-order valence-corrected chi connectivity index (χ0v) is 7.87. The smallest absolute Gasteiger partial charge is 0.200 e. The molecule has 0 aliphatic rings. The first-order chi connectivity index (χ1) is 5.66. The molecule has 0 unspecified atom stereocenters. The number of hydrogen-bond acceptors (Lipinski definition) is 3. The van der Waals surface area contributed by atoms with Crippen molar-refractivity contribution in [1.82, 2.24) is 0 Å². The molecular weight excluding hydrogens is 224 g/mol. The molecule has 3 nitrogen and oxygen atoms in total. The van der Waals surface area contributed by atoms with Crippen molar-refractivity contribution < 1.29 is 15.3 Å². The van der Waals surface area contributed by atoms with Gasteiger partial charge in [-0.05, 0) is 18.1 Å². The van der Waals surface area contributed by atoms with E-state index in [-0.39, 0.29) is 11.5 Å². The van der Waals surface area contributed by atoms with Crippen molar-refractivity contribution in [2.24, 2.45) is 0 Å². The quantitative estimate of drug-likeness (QED) is 0.538. The molecule has 1 rings (SSSR count). The molecule has 0 saturated heterocycles. The fourth-order valence-corrected chi connectivity index (χ4v) is 1.34. The normalized spacial score (nSPS) is 10.1. The second-order valence-electron chi connectivity index (χ2n) is 2.38. The molecule has 0 fully saturated rings. The summed E-state index contributed by atoms with van der Waals surface area (Å²) in [5, 5.41) is 28.0. The highest BCUT2D eigenvalue weighted by Gasteiger charge is 2.09. The van der Waals surface area contributed by atoms with Crippen LogP contribution in [0, 0.1) is 0 Å². The standard InChI is InChI=1S/C8H9BrO3/c9-4-3-5-1-2-6(10)8(12)7(5)11/h1-2,10-12H,3-4H2. The molecule has 0 aromatic heterocycles. The predicted octanol–water partition coefficient (Wildman–Crippen LogP) is 1.74. The Morgan fingerprint density at radius 3 is 2.33 bits per heavy atom. The fourth-order valence-electron chi connectivity index (χ4n) is 0.914. The lowest BCUT2D eigenvalue weighted by Gasteiger charge is -2.05. The predicted molar refractivity (Wildman–Crippen MR) is 48.9 cm³/mol. The third-order valence-corrected chi connectivity index (χ3v) is 1.97. The van der Waals surface area contributed by atoms with Gasteiger partial charge < -0.3 is 15.3 Å². The van der Waals surface area contributed by atoms with E-state index in [4.69, 9.17) is 10.2 Å². The molecule has 0 bridgehead atoms. The van der Waals surface area contributed by atoms with Crippen LogP contribution < -0.4 is 0 Å². The molecule has 1 aromatic rings. The van der Waals surface area contributed by atoms with E-state index in [9.17, 15) is 5.11 Å². The lowest BCUT2D eigenvalue weighted by molar-refractivity contribution is 0.365. The van der Waals surface area contributed by atoms with Gasteiger partial charge in [-0.1, -0.05) is 22.0 Å². The number of phenolic OH excluding ortho intramolecular Hbond substituents is 3. The second-order valence-corrected chi connectivity index (χ2v) is 3.17. The molecule has 3 N–H and O–H groups in total. The van der Waals surface area contributed by atoms with Gasteiger partial charge in [0.05, 0.1) is 0 Å². The van der Waals surface area contributed by atoms with Crippen molar-refractivity contribution in [2.45, 2.75) is 6.42 Å². The van der Waals surface area contributed by atoms with Gasteiger partial charge in [-0.3, -0.25) is 0 Å². The Labute approximate surface area is 78.4 Å². The maximum Gasteiger partial charge on any atom is 0.200 e. The fraction of sp³-hybridized carbons (Fsp3) is 0.250. The number of benzene rings is 1. The molecule has 12 heavy (non-hydrogen) atoms. The first kappa shape index (κ1) is 9.19.